The minimum absolute atomic E-state index is 0.0245. The summed E-state index contributed by atoms with van der Waals surface area (Å²) in [4.78, 5) is 32.9. The topological polar surface area (TPSA) is 91.2 Å². The van der Waals surface area contributed by atoms with Crippen LogP contribution in [0.2, 0.25) is 0 Å². The first-order valence-electron chi connectivity index (χ1n) is 11.1. The van der Waals surface area contributed by atoms with Crippen molar-refractivity contribution in [3.63, 3.8) is 0 Å². The van der Waals surface area contributed by atoms with Gasteiger partial charge in [0.25, 0.3) is 5.91 Å². The molecular formula is C25H29N3O4. The molecule has 1 saturated carbocycles. The van der Waals surface area contributed by atoms with Crippen molar-refractivity contribution in [2.24, 2.45) is 5.16 Å². The Hall–Kier alpha value is -3.19. The van der Waals surface area contributed by atoms with E-state index in [1.165, 1.54) is 7.11 Å². The fourth-order valence-electron chi connectivity index (χ4n) is 4.47. The van der Waals surface area contributed by atoms with Crippen molar-refractivity contribution in [1.82, 2.24) is 10.2 Å². The van der Waals surface area contributed by atoms with Crippen molar-refractivity contribution >= 4 is 17.5 Å². The van der Waals surface area contributed by atoms with Crippen molar-refractivity contribution in [3.05, 3.63) is 60.2 Å². The lowest BCUT2D eigenvalue weighted by atomic mass is 9.93. The Bertz CT molecular complexity index is 966. The standard InChI is InChI=1S/C25H29N3O4/c1-32-27-21-15-23(24(30)26-20-11-13-22(29)14-12-20)28(16-21)25(31)19-9-7-18(8-10-19)17-5-3-2-4-6-17/h2-10,20,22-23,29H,11-16H2,1H3,(H,26,30)/t20?,22?,23-/m0/s1. The molecule has 168 valence electrons. The maximum atomic E-state index is 13.3. The molecule has 0 unspecified atom stereocenters. The van der Waals surface area contributed by atoms with Crippen molar-refractivity contribution < 1.29 is 19.5 Å². The number of carbonyl (C=O) groups is 2. The number of nitrogens with zero attached hydrogens (tertiary/aromatic N) is 2. The normalized spacial score (nSPS) is 24.4. The van der Waals surface area contributed by atoms with Gasteiger partial charge in [-0.05, 0) is 48.9 Å². The van der Waals surface area contributed by atoms with Gasteiger partial charge in [-0.2, -0.15) is 0 Å². The van der Waals surface area contributed by atoms with E-state index in [-0.39, 0.29) is 30.5 Å². The summed E-state index contributed by atoms with van der Waals surface area (Å²) < 4.78 is 0. The molecule has 2 aromatic carbocycles. The number of oxime groups is 1. The first-order valence-corrected chi connectivity index (χ1v) is 11.1. The van der Waals surface area contributed by atoms with E-state index in [0.29, 0.717) is 30.5 Å². The van der Waals surface area contributed by atoms with E-state index >= 15 is 0 Å². The summed E-state index contributed by atoms with van der Waals surface area (Å²) in [6, 6.07) is 16.8. The molecule has 0 aromatic heterocycles. The number of hydrogen-bond acceptors (Lipinski definition) is 5. The van der Waals surface area contributed by atoms with Gasteiger partial charge in [-0.1, -0.05) is 47.6 Å². The highest BCUT2D eigenvalue weighted by Crippen LogP contribution is 2.24. The second-order valence-electron chi connectivity index (χ2n) is 8.45. The van der Waals surface area contributed by atoms with E-state index in [1.54, 1.807) is 17.0 Å². The average molecular weight is 436 g/mol. The molecule has 0 spiro atoms. The van der Waals surface area contributed by atoms with Crippen LogP contribution in [0.4, 0.5) is 0 Å². The molecule has 2 fully saturated rings. The van der Waals surface area contributed by atoms with Gasteiger partial charge in [0.2, 0.25) is 5.91 Å². The number of carbonyl (C=O) groups excluding carboxylic acids is 2. The number of benzene rings is 2. The Labute approximate surface area is 188 Å². The van der Waals surface area contributed by atoms with Crippen molar-refractivity contribution in [2.75, 3.05) is 13.7 Å². The van der Waals surface area contributed by atoms with Crippen LogP contribution in [0, 0.1) is 0 Å². The van der Waals surface area contributed by atoms with Gasteiger partial charge in [-0.25, -0.2) is 0 Å². The van der Waals surface area contributed by atoms with Crippen LogP contribution in [0.5, 0.6) is 0 Å². The lowest BCUT2D eigenvalue weighted by Crippen LogP contribution is -2.49. The molecule has 32 heavy (non-hydrogen) atoms. The third-order valence-electron chi connectivity index (χ3n) is 6.22. The molecular weight excluding hydrogens is 406 g/mol. The zero-order chi connectivity index (χ0) is 22.5. The average Bonchev–Trinajstić information content (AvgIpc) is 3.25. The van der Waals surface area contributed by atoms with Gasteiger partial charge in [-0.15, -0.1) is 0 Å². The van der Waals surface area contributed by atoms with Crippen LogP contribution in [0.25, 0.3) is 11.1 Å². The summed E-state index contributed by atoms with van der Waals surface area (Å²) in [5.74, 6) is -0.382. The molecule has 0 bridgehead atoms. The summed E-state index contributed by atoms with van der Waals surface area (Å²) >= 11 is 0. The Morgan fingerprint density at radius 1 is 1.00 bits per heavy atom. The van der Waals surface area contributed by atoms with E-state index in [0.717, 1.165) is 24.0 Å². The van der Waals surface area contributed by atoms with E-state index < -0.39 is 6.04 Å². The first kappa shape index (κ1) is 22.0. The van der Waals surface area contributed by atoms with E-state index in [1.807, 2.05) is 42.5 Å². The predicted octanol–water partition coefficient (Wildman–Crippen LogP) is 2.99. The number of amides is 2. The Morgan fingerprint density at radius 2 is 1.66 bits per heavy atom. The van der Waals surface area contributed by atoms with Crippen LogP contribution >= 0.6 is 0 Å². The second kappa shape index (κ2) is 9.96. The van der Waals surface area contributed by atoms with Crippen molar-refractivity contribution in [1.29, 1.82) is 0 Å². The van der Waals surface area contributed by atoms with E-state index in [2.05, 4.69) is 10.5 Å². The van der Waals surface area contributed by atoms with Crippen molar-refractivity contribution in [3.8, 4) is 11.1 Å². The predicted molar refractivity (Wildman–Crippen MR) is 122 cm³/mol. The fraction of sp³-hybridized carbons (Fsp3) is 0.400. The maximum absolute atomic E-state index is 13.3. The molecule has 1 heterocycles. The molecule has 2 aliphatic rings. The third-order valence-corrected chi connectivity index (χ3v) is 6.22. The van der Waals surface area contributed by atoms with Gasteiger partial charge in [0, 0.05) is 18.0 Å². The molecule has 7 heteroatoms. The van der Waals surface area contributed by atoms with E-state index in [4.69, 9.17) is 4.84 Å². The minimum atomic E-state index is -0.628. The summed E-state index contributed by atoms with van der Waals surface area (Å²) in [7, 11) is 1.46. The molecule has 1 atom stereocenters. The first-order chi connectivity index (χ1) is 15.5. The van der Waals surface area contributed by atoms with Crippen LogP contribution in [0.1, 0.15) is 42.5 Å². The monoisotopic (exact) mass is 435 g/mol. The molecule has 0 radical (unpaired) electrons. The summed E-state index contributed by atoms with van der Waals surface area (Å²) in [6.07, 6.45) is 2.92. The van der Waals surface area contributed by atoms with Gasteiger partial charge in [0.05, 0.1) is 18.4 Å². The number of nitrogens with one attached hydrogen (secondary N) is 1. The number of rotatable bonds is 5. The van der Waals surface area contributed by atoms with E-state index in [9.17, 15) is 14.7 Å². The molecule has 7 nitrogen and oxygen atoms in total. The SMILES string of the molecule is CON=C1C[C@@H](C(=O)NC2CCC(O)CC2)N(C(=O)c2ccc(-c3ccccc3)cc2)C1. The quantitative estimate of drug-likeness (QED) is 0.707. The van der Waals surface area contributed by atoms with Crippen LogP contribution in [-0.2, 0) is 9.63 Å². The Morgan fingerprint density at radius 3 is 2.31 bits per heavy atom. The number of hydrogen-bond donors (Lipinski definition) is 2. The Balaban J connectivity index is 1.49. The van der Waals surface area contributed by atoms with Crippen molar-refractivity contribution in [2.45, 2.75) is 50.3 Å². The second-order valence-corrected chi connectivity index (χ2v) is 8.45. The van der Waals surface area contributed by atoms with Crippen LogP contribution in [0.15, 0.2) is 59.8 Å². The lowest BCUT2D eigenvalue weighted by molar-refractivity contribution is -0.125. The molecule has 1 aliphatic heterocycles. The zero-order valence-corrected chi connectivity index (χ0v) is 18.2. The molecule has 4 rings (SSSR count). The molecule has 2 aromatic rings. The Kier molecular flexibility index (Phi) is 6.85. The highest BCUT2D eigenvalue weighted by Gasteiger charge is 2.39. The highest BCUT2D eigenvalue weighted by molar-refractivity contribution is 6.05. The zero-order valence-electron chi connectivity index (χ0n) is 18.2. The van der Waals surface area contributed by atoms with Crippen LogP contribution < -0.4 is 5.32 Å². The maximum Gasteiger partial charge on any atom is 0.254 e. The lowest BCUT2D eigenvalue weighted by Gasteiger charge is -2.29. The molecule has 2 amide bonds. The molecule has 1 saturated heterocycles. The van der Waals surface area contributed by atoms with Gasteiger partial charge >= 0.3 is 0 Å². The third kappa shape index (κ3) is 4.99. The number of aliphatic hydroxyl groups is 1. The summed E-state index contributed by atoms with van der Waals surface area (Å²) in [5.41, 5.74) is 3.30. The summed E-state index contributed by atoms with van der Waals surface area (Å²) in [5, 5.41) is 16.8. The number of likely N-dealkylation sites (tertiary alicyclic amines) is 1. The van der Waals surface area contributed by atoms with Crippen LogP contribution in [0.3, 0.4) is 0 Å². The van der Waals surface area contributed by atoms with Crippen LogP contribution in [-0.4, -0.2) is 59.4 Å². The minimum Gasteiger partial charge on any atom is -0.399 e. The largest absolute Gasteiger partial charge is 0.399 e. The smallest absolute Gasteiger partial charge is 0.254 e. The summed E-state index contributed by atoms with van der Waals surface area (Å²) in [6.45, 7) is 0.259. The highest BCUT2D eigenvalue weighted by atomic mass is 16.6. The number of aliphatic hydroxyl groups excluding tert-OH is 1. The fourth-order valence-corrected chi connectivity index (χ4v) is 4.47. The molecule has 1 aliphatic carbocycles. The van der Waals surface area contributed by atoms with Gasteiger partial charge in [0.15, 0.2) is 0 Å². The molecule has 2 N–H and O–H groups in total. The van der Waals surface area contributed by atoms with Gasteiger partial charge in [-0.3, -0.25) is 9.59 Å². The van der Waals surface area contributed by atoms with Gasteiger partial charge < -0.3 is 20.2 Å². The van der Waals surface area contributed by atoms with Gasteiger partial charge in [0.1, 0.15) is 13.2 Å².